The van der Waals surface area contributed by atoms with Crippen molar-refractivity contribution < 1.29 is 18.3 Å². The molecule has 8 heteroatoms. The van der Waals surface area contributed by atoms with Gasteiger partial charge in [0.05, 0.1) is 12.3 Å². The highest BCUT2D eigenvalue weighted by atomic mass is 32.2. The normalized spacial score (nSPS) is 20.7. The fraction of sp³-hybridized carbons (Fsp3) is 0.393. The van der Waals surface area contributed by atoms with Gasteiger partial charge < -0.3 is 9.84 Å². The van der Waals surface area contributed by atoms with E-state index in [0.29, 0.717) is 18.8 Å². The Labute approximate surface area is 214 Å². The molecule has 36 heavy (non-hydrogen) atoms. The van der Waals surface area contributed by atoms with Crippen LogP contribution in [0, 0.1) is 12.8 Å². The van der Waals surface area contributed by atoms with Gasteiger partial charge in [-0.2, -0.15) is 4.31 Å². The molecule has 0 radical (unpaired) electrons. The van der Waals surface area contributed by atoms with E-state index in [2.05, 4.69) is 9.88 Å². The molecule has 0 aliphatic carbocycles. The fourth-order valence-electron chi connectivity index (χ4n) is 4.51. The van der Waals surface area contributed by atoms with Gasteiger partial charge in [0.2, 0.25) is 10.0 Å². The van der Waals surface area contributed by atoms with Crippen molar-refractivity contribution in [3.8, 4) is 16.9 Å². The summed E-state index contributed by atoms with van der Waals surface area (Å²) in [7, 11) is -1.86. The van der Waals surface area contributed by atoms with E-state index in [1.807, 2.05) is 75.5 Å². The van der Waals surface area contributed by atoms with Crippen molar-refractivity contribution in [1.29, 1.82) is 0 Å². The second kappa shape index (κ2) is 11.1. The van der Waals surface area contributed by atoms with Crippen LogP contribution in [-0.2, 0) is 16.6 Å². The highest BCUT2D eigenvalue weighted by Gasteiger charge is 2.38. The molecular weight excluding hydrogens is 474 g/mol. The lowest BCUT2D eigenvalue weighted by Gasteiger charge is -2.37. The molecule has 0 unspecified atom stereocenters. The van der Waals surface area contributed by atoms with Crippen LogP contribution >= 0.6 is 0 Å². The van der Waals surface area contributed by atoms with Crippen molar-refractivity contribution in [3.63, 3.8) is 0 Å². The SMILES string of the molecule is Cc1ccc(-c2ccc3c(c2)O[C@H](CN(C)Cc2ccccn2)[C@H](C)CN([C@H](C)CO)S3(=O)=O)cc1. The smallest absolute Gasteiger partial charge is 0.247 e. The number of aromatic nitrogens is 1. The minimum atomic E-state index is -3.87. The molecule has 7 nitrogen and oxygen atoms in total. The summed E-state index contributed by atoms with van der Waals surface area (Å²) in [4.78, 5) is 6.69. The van der Waals surface area contributed by atoms with Crippen molar-refractivity contribution in [2.24, 2.45) is 5.92 Å². The Balaban J connectivity index is 1.72. The van der Waals surface area contributed by atoms with Crippen LogP contribution in [0.1, 0.15) is 25.1 Å². The molecule has 1 N–H and O–H groups in total. The Bertz CT molecular complexity index is 1270. The van der Waals surface area contributed by atoms with Gasteiger partial charge in [-0.1, -0.05) is 48.9 Å². The molecule has 1 aliphatic heterocycles. The quantitative estimate of drug-likeness (QED) is 0.519. The molecule has 1 aromatic heterocycles. The lowest BCUT2D eigenvalue weighted by atomic mass is 10.0. The summed E-state index contributed by atoms with van der Waals surface area (Å²) in [5.74, 6) is 0.224. The Morgan fingerprint density at radius 1 is 1.14 bits per heavy atom. The number of aliphatic hydroxyl groups is 1. The average molecular weight is 510 g/mol. The molecule has 2 heterocycles. The molecule has 4 rings (SSSR count). The van der Waals surface area contributed by atoms with Gasteiger partial charge >= 0.3 is 0 Å². The summed E-state index contributed by atoms with van der Waals surface area (Å²) in [5.41, 5.74) is 3.99. The molecule has 0 amide bonds. The predicted octanol–water partition coefficient (Wildman–Crippen LogP) is 3.96. The zero-order valence-electron chi connectivity index (χ0n) is 21.3. The van der Waals surface area contributed by atoms with Crippen LogP contribution in [0.2, 0.25) is 0 Å². The molecule has 0 saturated carbocycles. The first-order valence-corrected chi connectivity index (χ1v) is 13.7. The van der Waals surface area contributed by atoms with Crippen molar-refractivity contribution in [3.05, 3.63) is 78.1 Å². The number of hydrogen-bond donors (Lipinski definition) is 1. The van der Waals surface area contributed by atoms with Gasteiger partial charge in [0.15, 0.2) is 0 Å². The molecule has 0 bridgehead atoms. The Kier molecular flexibility index (Phi) is 8.10. The first-order valence-electron chi connectivity index (χ1n) is 12.3. The Hall–Kier alpha value is -2.78. The number of hydrogen-bond acceptors (Lipinski definition) is 6. The van der Waals surface area contributed by atoms with Crippen LogP contribution in [0.15, 0.2) is 71.8 Å². The van der Waals surface area contributed by atoms with Crippen molar-refractivity contribution >= 4 is 10.0 Å². The summed E-state index contributed by atoms with van der Waals surface area (Å²) in [6, 6.07) is 18.7. The maximum atomic E-state index is 13.7. The molecule has 3 atom stereocenters. The number of aliphatic hydroxyl groups excluding tert-OH is 1. The number of aryl methyl sites for hydroxylation is 1. The van der Waals surface area contributed by atoms with Crippen LogP contribution in [0.25, 0.3) is 11.1 Å². The molecule has 0 saturated heterocycles. The van der Waals surface area contributed by atoms with Crippen LogP contribution in [0.3, 0.4) is 0 Å². The minimum absolute atomic E-state index is 0.115. The molecule has 192 valence electrons. The summed E-state index contributed by atoms with van der Waals surface area (Å²) in [5, 5.41) is 9.85. The second-order valence-electron chi connectivity index (χ2n) is 9.79. The van der Waals surface area contributed by atoms with Crippen LogP contribution < -0.4 is 4.74 Å². The molecule has 0 fully saturated rings. The van der Waals surface area contributed by atoms with E-state index in [-0.39, 0.29) is 30.1 Å². The van der Waals surface area contributed by atoms with E-state index in [9.17, 15) is 13.5 Å². The standard InChI is InChI=1S/C28H35N3O4S/c1-20-8-10-23(11-9-20)24-12-13-28-26(15-24)35-27(18-30(4)17-25-7-5-6-14-29-25)21(2)16-31(22(3)19-32)36(28,33)34/h5-15,21-22,27,32H,16-19H2,1-4H3/t21-,22-,27-/m1/s1. The molecule has 3 aromatic rings. The summed E-state index contributed by atoms with van der Waals surface area (Å²) in [6.07, 6.45) is 1.51. The maximum Gasteiger partial charge on any atom is 0.247 e. The van der Waals surface area contributed by atoms with Gasteiger partial charge in [-0.3, -0.25) is 9.88 Å². The lowest BCUT2D eigenvalue weighted by molar-refractivity contribution is 0.0731. The van der Waals surface area contributed by atoms with Crippen LogP contribution in [0.5, 0.6) is 5.75 Å². The molecule has 1 aliphatic rings. The second-order valence-corrected chi connectivity index (χ2v) is 11.6. The van der Waals surface area contributed by atoms with E-state index in [4.69, 9.17) is 4.74 Å². The van der Waals surface area contributed by atoms with Gasteiger partial charge in [0.1, 0.15) is 16.7 Å². The zero-order chi connectivity index (χ0) is 25.9. The molecular formula is C28H35N3O4S. The summed E-state index contributed by atoms with van der Waals surface area (Å²) >= 11 is 0. The number of ether oxygens (including phenoxy) is 1. The van der Waals surface area contributed by atoms with E-state index in [1.165, 1.54) is 4.31 Å². The lowest BCUT2D eigenvalue weighted by Crippen LogP contribution is -2.49. The number of rotatable bonds is 7. The van der Waals surface area contributed by atoms with Crippen molar-refractivity contribution in [2.45, 2.75) is 44.4 Å². The van der Waals surface area contributed by atoms with Gasteiger partial charge in [0.25, 0.3) is 0 Å². The van der Waals surface area contributed by atoms with Gasteiger partial charge in [-0.25, -0.2) is 8.42 Å². The van der Waals surface area contributed by atoms with E-state index >= 15 is 0 Å². The number of nitrogens with zero attached hydrogens (tertiary/aromatic N) is 3. The number of sulfonamides is 1. The summed E-state index contributed by atoms with van der Waals surface area (Å²) in [6.45, 7) is 7.01. The molecule has 0 spiro atoms. The average Bonchev–Trinajstić information content (AvgIpc) is 2.86. The summed E-state index contributed by atoms with van der Waals surface area (Å²) < 4.78 is 35.3. The number of likely N-dealkylation sites (N-methyl/N-ethyl adjacent to an activating group) is 1. The predicted molar refractivity (Wildman–Crippen MR) is 141 cm³/mol. The van der Waals surface area contributed by atoms with Gasteiger partial charge in [-0.05, 0) is 56.3 Å². The first kappa shape index (κ1) is 26.3. The third kappa shape index (κ3) is 5.78. The van der Waals surface area contributed by atoms with E-state index < -0.39 is 16.1 Å². The van der Waals surface area contributed by atoms with Crippen molar-refractivity contribution in [1.82, 2.24) is 14.2 Å². The largest absolute Gasteiger partial charge is 0.487 e. The zero-order valence-corrected chi connectivity index (χ0v) is 22.1. The number of benzene rings is 2. The number of pyridine rings is 1. The Morgan fingerprint density at radius 2 is 1.86 bits per heavy atom. The van der Waals surface area contributed by atoms with Crippen LogP contribution in [-0.4, -0.2) is 66.6 Å². The van der Waals surface area contributed by atoms with Gasteiger partial charge in [0, 0.05) is 37.8 Å². The van der Waals surface area contributed by atoms with E-state index in [1.54, 1.807) is 19.2 Å². The van der Waals surface area contributed by atoms with Crippen LogP contribution in [0.4, 0.5) is 0 Å². The fourth-order valence-corrected chi connectivity index (χ4v) is 6.33. The number of fused-ring (bicyclic) bond motifs is 1. The van der Waals surface area contributed by atoms with Crippen molar-refractivity contribution in [2.75, 3.05) is 26.7 Å². The third-order valence-electron chi connectivity index (χ3n) is 6.70. The topological polar surface area (TPSA) is 83.0 Å². The monoisotopic (exact) mass is 509 g/mol. The first-order chi connectivity index (χ1) is 17.2. The highest BCUT2D eigenvalue weighted by Crippen LogP contribution is 2.36. The third-order valence-corrected chi connectivity index (χ3v) is 8.72. The Morgan fingerprint density at radius 3 is 2.53 bits per heavy atom. The van der Waals surface area contributed by atoms with Gasteiger partial charge in [-0.15, -0.1) is 0 Å². The maximum absolute atomic E-state index is 13.7. The highest BCUT2D eigenvalue weighted by molar-refractivity contribution is 7.89. The minimum Gasteiger partial charge on any atom is -0.487 e. The molecule has 2 aromatic carbocycles. The van der Waals surface area contributed by atoms with E-state index in [0.717, 1.165) is 22.4 Å².